The lowest BCUT2D eigenvalue weighted by atomic mass is 9.87. The highest BCUT2D eigenvalue weighted by Gasteiger charge is 2.20. The molecule has 1 aliphatic heterocycles. The first-order chi connectivity index (χ1) is 16.6. The van der Waals surface area contributed by atoms with E-state index >= 15 is 0 Å². The van der Waals surface area contributed by atoms with Gasteiger partial charge in [0.2, 0.25) is 11.8 Å². The normalized spacial score (nSPS) is 19.3. The van der Waals surface area contributed by atoms with Crippen molar-refractivity contribution in [1.29, 1.82) is 0 Å². The number of hydrogen-bond donors (Lipinski definition) is 2. The fourth-order valence-corrected chi connectivity index (χ4v) is 5.03. The van der Waals surface area contributed by atoms with Crippen LogP contribution in [0.4, 0.5) is 11.5 Å². The van der Waals surface area contributed by atoms with Gasteiger partial charge in [0, 0.05) is 25.1 Å². The first-order valence-electron chi connectivity index (χ1n) is 12.6. The molecule has 2 heterocycles. The third kappa shape index (κ3) is 6.95. The fraction of sp³-hybridized carbons (Fsp3) is 0.519. The van der Waals surface area contributed by atoms with E-state index in [1.807, 2.05) is 18.2 Å². The lowest BCUT2D eigenvalue weighted by Gasteiger charge is -2.22. The molecule has 182 valence electrons. The van der Waals surface area contributed by atoms with Crippen LogP contribution >= 0.6 is 0 Å². The Hall–Kier alpha value is -3.09. The summed E-state index contributed by atoms with van der Waals surface area (Å²) in [7, 11) is 0. The van der Waals surface area contributed by atoms with Crippen molar-refractivity contribution >= 4 is 23.3 Å². The number of rotatable bonds is 8. The van der Waals surface area contributed by atoms with Gasteiger partial charge in [-0.05, 0) is 74.3 Å². The van der Waals surface area contributed by atoms with Crippen LogP contribution in [0.15, 0.2) is 42.6 Å². The summed E-state index contributed by atoms with van der Waals surface area (Å²) in [6.07, 6.45) is 11.7. The summed E-state index contributed by atoms with van der Waals surface area (Å²) in [6.45, 7) is 2.49. The van der Waals surface area contributed by atoms with Gasteiger partial charge in [-0.2, -0.15) is 0 Å². The molecule has 3 N–H and O–H groups in total. The molecule has 7 heteroatoms. The summed E-state index contributed by atoms with van der Waals surface area (Å²) in [6, 6.07) is 11.0. The highest BCUT2D eigenvalue weighted by atomic mass is 16.5. The molecule has 0 spiro atoms. The number of aromatic nitrogens is 1. The van der Waals surface area contributed by atoms with Crippen molar-refractivity contribution in [2.24, 2.45) is 17.6 Å². The number of anilines is 2. The SMILES string of the molecule is NC(=O)c1cccc(OCC2CCCN(c3ccc(NC(=O)CC4CCCCC4)cn3)CC2)c1. The van der Waals surface area contributed by atoms with E-state index < -0.39 is 5.91 Å². The first-order valence-corrected chi connectivity index (χ1v) is 12.6. The number of primary amides is 1. The van der Waals surface area contributed by atoms with Crippen molar-refractivity contribution in [2.75, 3.05) is 29.9 Å². The molecule has 2 aliphatic rings. The smallest absolute Gasteiger partial charge is 0.248 e. The molecule has 1 atom stereocenters. The van der Waals surface area contributed by atoms with Crippen LogP contribution < -0.4 is 20.7 Å². The summed E-state index contributed by atoms with van der Waals surface area (Å²) in [5, 5.41) is 3.02. The molecule has 0 bridgehead atoms. The van der Waals surface area contributed by atoms with Crippen LogP contribution in [-0.4, -0.2) is 36.5 Å². The molecule has 0 radical (unpaired) electrons. The molecule has 1 aromatic heterocycles. The molecule has 2 aromatic rings. The van der Waals surface area contributed by atoms with Gasteiger partial charge in [0.1, 0.15) is 11.6 Å². The zero-order chi connectivity index (χ0) is 23.8. The van der Waals surface area contributed by atoms with Gasteiger partial charge in [0.25, 0.3) is 0 Å². The zero-order valence-corrected chi connectivity index (χ0v) is 19.9. The van der Waals surface area contributed by atoms with E-state index in [-0.39, 0.29) is 5.91 Å². The standard InChI is InChI=1S/C27H36N4O3/c28-27(33)22-9-4-10-24(17-22)34-19-21-8-5-14-31(15-13-21)25-12-11-23(18-29-25)30-26(32)16-20-6-2-1-3-7-20/h4,9-12,17-18,20-21H,1-3,5-8,13-16,19H2,(H2,28,33)(H,30,32). The first kappa shape index (κ1) is 24.0. The second-order valence-electron chi connectivity index (χ2n) is 9.65. The predicted octanol–water partition coefficient (Wildman–Crippen LogP) is 4.77. The Balaban J connectivity index is 1.24. The molecular formula is C27H36N4O3. The van der Waals surface area contributed by atoms with E-state index in [0.717, 1.165) is 43.9 Å². The molecule has 1 aliphatic carbocycles. The van der Waals surface area contributed by atoms with E-state index in [2.05, 4.69) is 15.2 Å². The number of pyridine rings is 1. The maximum Gasteiger partial charge on any atom is 0.248 e. The minimum absolute atomic E-state index is 0.0976. The van der Waals surface area contributed by atoms with Crippen LogP contribution in [-0.2, 0) is 4.79 Å². The fourth-order valence-electron chi connectivity index (χ4n) is 5.03. The maximum absolute atomic E-state index is 12.4. The van der Waals surface area contributed by atoms with E-state index in [1.54, 1.807) is 24.4 Å². The monoisotopic (exact) mass is 464 g/mol. The van der Waals surface area contributed by atoms with Crippen LogP contribution in [0.1, 0.15) is 68.1 Å². The van der Waals surface area contributed by atoms with E-state index in [0.29, 0.717) is 36.2 Å². The van der Waals surface area contributed by atoms with Crippen molar-refractivity contribution in [2.45, 2.75) is 57.8 Å². The van der Waals surface area contributed by atoms with Gasteiger partial charge >= 0.3 is 0 Å². The van der Waals surface area contributed by atoms with Crippen LogP contribution in [0.3, 0.4) is 0 Å². The van der Waals surface area contributed by atoms with E-state index in [1.165, 1.54) is 32.1 Å². The Kier molecular flexibility index (Phi) is 8.39. The van der Waals surface area contributed by atoms with Crippen LogP contribution in [0.5, 0.6) is 5.75 Å². The topological polar surface area (TPSA) is 97.5 Å². The van der Waals surface area contributed by atoms with Gasteiger partial charge in [-0.15, -0.1) is 0 Å². The number of nitrogens with zero attached hydrogens (tertiary/aromatic N) is 2. The Bertz CT molecular complexity index is 957. The van der Waals surface area contributed by atoms with Crippen molar-refractivity contribution in [1.82, 2.24) is 4.98 Å². The summed E-state index contributed by atoms with van der Waals surface area (Å²) in [5.74, 6) is 2.25. The van der Waals surface area contributed by atoms with Gasteiger partial charge in [-0.25, -0.2) is 4.98 Å². The van der Waals surface area contributed by atoms with Crippen LogP contribution in [0, 0.1) is 11.8 Å². The average Bonchev–Trinajstić information content (AvgIpc) is 3.10. The summed E-state index contributed by atoms with van der Waals surface area (Å²) < 4.78 is 5.96. The molecule has 34 heavy (non-hydrogen) atoms. The lowest BCUT2D eigenvalue weighted by molar-refractivity contribution is -0.117. The zero-order valence-electron chi connectivity index (χ0n) is 19.9. The molecule has 1 saturated carbocycles. The molecule has 2 fully saturated rings. The maximum atomic E-state index is 12.4. The second kappa shape index (κ2) is 11.9. The van der Waals surface area contributed by atoms with Crippen LogP contribution in [0.2, 0.25) is 0 Å². The highest BCUT2D eigenvalue weighted by Crippen LogP contribution is 2.27. The Morgan fingerprint density at radius 2 is 1.82 bits per heavy atom. The molecule has 1 saturated heterocycles. The number of nitrogens with two attached hydrogens (primary N) is 1. The number of ether oxygens (including phenoxy) is 1. The van der Waals surface area contributed by atoms with Gasteiger partial charge in [-0.3, -0.25) is 9.59 Å². The molecule has 1 aromatic carbocycles. The van der Waals surface area contributed by atoms with Crippen molar-refractivity contribution in [3.05, 3.63) is 48.2 Å². The highest BCUT2D eigenvalue weighted by molar-refractivity contribution is 5.93. The lowest BCUT2D eigenvalue weighted by Crippen LogP contribution is -2.25. The van der Waals surface area contributed by atoms with Gasteiger partial charge in [-0.1, -0.05) is 25.3 Å². The van der Waals surface area contributed by atoms with Crippen molar-refractivity contribution in [3.63, 3.8) is 0 Å². The van der Waals surface area contributed by atoms with Gasteiger partial charge in [0.15, 0.2) is 0 Å². The minimum atomic E-state index is -0.446. The predicted molar refractivity (Wildman–Crippen MR) is 134 cm³/mol. The van der Waals surface area contributed by atoms with Crippen LogP contribution in [0.25, 0.3) is 0 Å². The number of carbonyl (C=O) groups is 2. The van der Waals surface area contributed by atoms with Gasteiger partial charge < -0.3 is 20.7 Å². The summed E-state index contributed by atoms with van der Waals surface area (Å²) >= 11 is 0. The van der Waals surface area contributed by atoms with E-state index in [9.17, 15) is 9.59 Å². The second-order valence-corrected chi connectivity index (χ2v) is 9.65. The summed E-state index contributed by atoms with van der Waals surface area (Å²) in [4.78, 5) is 30.7. The number of amides is 2. The summed E-state index contributed by atoms with van der Waals surface area (Å²) in [5.41, 5.74) is 6.59. The Morgan fingerprint density at radius 1 is 1.00 bits per heavy atom. The number of benzene rings is 1. The molecular weight excluding hydrogens is 428 g/mol. The average molecular weight is 465 g/mol. The van der Waals surface area contributed by atoms with Crippen molar-refractivity contribution in [3.8, 4) is 5.75 Å². The van der Waals surface area contributed by atoms with Gasteiger partial charge in [0.05, 0.1) is 18.5 Å². The number of hydrogen-bond acceptors (Lipinski definition) is 5. The van der Waals surface area contributed by atoms with Crippen molar-refractivity contribution < 1.29 is 14.3 Å². The third-order valence-electron chi connectivity index (χ3n) is 7.01. The Labute approximate surface area is 202 Å². The number of nitrogens with one attached hydrogen (secondary N) is 1. The largest absolute Gasteiger partial charge is 0.493 e. The molecule has 1 unspecified atom stereocenters. The molecule has 7 nitrogen and oxygen atoms in total. The molecule has 4 rings (SSSR count). The van der Waals surface area contributed by atoms with E-state index in [4.69, 9.17) is 10.5 Å². The quantitative estimate of drug-likeness (QED) is 0.586. The Morgan fingerprint density at radius 3 is 2.59 bits per heavy atom. The molecule has 2 amide bonds. The number of carbonyl (C=O) groups excluding carboxylic acids is 2. The minimum Gasteiger partial charge on any atom is -0.493 e. The third-order valence-corrected chi connectivity index (χ3v) is 7.01.